The molecule has 0 aliphatic carbocycles. The lowest BCUT2D eigenvalue weighted by atomic mass is 9.85. The summed E-state index contributed by atoms with van der Waals surface area (Å²) >= 11 is 0. The van der Waals surface area contributed by atoms with Crippen molar-refractivity contribution < 1.29 is 14.3 Å². The molecule has 1 saturated heterocycles. The molecule has 5 nitrogen and oxygen atoms in total. The minimum absolute atomic E-state index is 0.0348. The molecule has 1 N–H and O–H groups in total. The second-order valence-corrected chi connectivity index (χ2v) is 7.26. The number of rotatable bonds is 6. The molecule has 134 valence electrons. The van der Waals surface area contributed by atoms with Gasteiger partial charge in [-0.3, -0.25) is 9.69 Å². The number of morpholine rings is 1. The number of nitrogens with one attached hydrogen (secondary N) is 1. The maximum Gasteiger partial charge on any atom is 0.224 e. The largest absolute Gasteiger partial charge is 0.496 e. The standard InChI is InChI=1S/C19H30N2O3/c1-19(2,3)16-5-6-17(23-4)15(13-16)14-18(22)20-7-8-21-9-11-24-12-10-21/h5-6,13H,7-12,14H2,1-4H3,(H,20,22). The first-order valence-electron chi connectivity index (χ1n) is 8.64. The van der Waals surface area contributed by atoms with Gasteiger partial charge < -0.3 is 14.8 Å². The van der Waals surface area contributed by atoms with Crippen LogP contribution in [0, 0.1) is 0 Å². The number of hydrogen-bond acceptors (Lipinski definition) is 4. The van der Waals surface area contributed by atoms with Gasteiger partial charge in [-0.1, -0.05) is 32.9 Å². The SMILES string of the molecule is COc1ccc(C(C)(C)C)cc1CC(=O)NCCN1CCOCC1. The Morgan fingerprint density at radius 3 is 2.62 bits per heavy atom. The molecule has 0 aromatic heterocycles. The van der Waals surface area contributed by atoms with E-state index >= 15 is 0 Å². The van der Waals surface area contributed by atoms with Crippen molar-refractivity contribution in [3.8, 4) is 5.75 Å². The van der Waals surface area contributed by atoms with Gasteiger partial charge in [0.2, 0.25) is 5.91 Å². The number of nitrogens with zero attached hydrogens (tertiary/aromatic N) is 1. The molecule has 2 rings (SSSR count). The third-order valence-electron chi connectivity index (χ3n) is 4.35. The summed E-state index contributed by atoms with van der Waals surface area (Å²) in [5.41, 5.74) is 2.20. The highest BCUT2D eigenvalue weighted by Crippen LogP contribution is 2.28. The molecule has 0 radical (unpaired) electrons. The third kappa shape index (κ3) is 5.49. The highest BCUT2D eigenvalue weighted by atomic mass is 16.5. The van der Waals surface area contributed by atoms with Gasteiger partial charge in [-0.05, 0) is 17.0 Å². The summed E-state index contributed by atoms with van der Waals surface area (Å²) in [6, 6.07) is 6.11. The van der Waals surface area contributed by atoms with Crippen LogP contribution in [-0.4, -0.2) is 57.3 Å². The van der Waals surface area contributed by atoms with E-state index in [1.165, 1.54) is 5.56 Å². The first-order valence-corrected chi connectivity index (χ1v) is 8.64. The third-order valence-corrected chi connectivity index (χ3v) is 4.35. The monoisotopic (exact) mass is 334 g/mol. The fourth-order valence-electron chi connectivity index (χ4n) is 2.80. The van der Waals surface area contributed by atoms with E-state index in [0.29, 0.717) is 13.0 Å². The molecule has 0 bridgehead atoms. The molecule has 1 aliphatic heterocycles. The van der Waals surface area contributed by atoms with Gasteiger partial charge in [0, 0.05) is 31.7 Å². The molecule has 5 heteroatoms. The van der Waals surface area contributed by atoms with Gasteiger partial charge >= 0.3 is 0 Å². The van der Waals surface area contributed by atoms with E-state index in [1.807, 2.05) is 6.07 Å². The van der Waals surface area contributed by atoms with Gasteiger partial charge in [-0.25, -0.2) is 0 Å². The highest BCUT2D eigenvalue weighted by molar-refractivity contribution is 5.79. The first kappa shape index (κ1) is 18.7. The minimum atomic E-state index is 0.0348. The van der Waals surface area contributed by atoms with Crippen molar-refractivity contribution in [1.29, 1.82) is 0 Å². The fraction of sp³-hybridized carbons (Fsp3) is 0.632. The number of amides is 1. The average Bonchev–Trinajstić information content (AvgIpc) is 2.55. The van der Waals surface area contributed by atoms with Crippen LogP contribution >= 0.6 is 0 Å². The second kappa shape index (κ2) is 8.49. The molecule has 1 aromatic rings. The lowest BCUT2D eigenvalue weighted by Crippen LogP contribution is -2.41. The number of carbonyl (C=O) groups is 1. The molecule has 1 aromatic carbocycles. The quantitative estimate of drug-likeness (QED) is 0.864. The van der Waals surface area contributed by atoms with Crippen LogP contribution in [0.1, 0.15) is 31.9 Å². The Morgan fingerprint density at radius 1 is 1.29 bits per heavy atom. The molecule has 1 amide bonds. The number of methoxy groups -OCH3 is 1. The highest BCUT2D eigenvalue weighted by Gasteiger charge is 2.17. The van der Waals surface area contributed by atoms with E-state index in [9.17, 15) is 4.79 Å². The van der Waals surface area contributed by atoms with E-state index in [4.69, 9.17) is 9.47 Å². The van der Waals surface area contributed by atoms with Crippen LogP contribution in [-0.2, 0) is 21.4 Å². The van der Waals surface area contributed by atoms with E-state index in [1.54, 1.807) is 7.11 Å². The van der Waals surface area contributed by atoms with Crippen molar-refractivity contribution in [2.75, 3.05) is 46.5 Å². The predicted molar refractivity (Wildman–Crippen MR) is 95.7 cm³/mol. The van der Waals surface area contributed by atoms with Crippen LogP contribution in [0.15, 0.2) is 18.2 Å². The first-order chi connectivity index (χ1) is 11.4. The number of benzene rings is 1. The minimum Gasteiger partial charge on any atom is -0.496 e. The molecule has 0 saturated carbocycles. The van der Waals surface area contributed by atoms with Gasteiger partial charge in [0.25, 0.3) is 0 Å². The Bertz CT molecular complexity index is 546. The van der Waals surface area contributed by atoms with E-state index in [2.05, 4.69) is 43.1 Å². The predicted octanol–water partition coefficient (Wildman–Crippen LogP) is 1.98. The lowest BCUT2D eigenvalue weighted by Gasteiger charge is -2.26. The molecule has 1 heterocycles. The number of ether oxygens (including phenoxy) is 2. The summed E-state index contributed by atoms with van der Waals surface area (Å²) in [6.45, 7) is 11.5. The maximum atomic E-state index is 12.3. The van der Waals surface area contributed by atoms with Crippen LogP contribution in [0.5, 0.6) is 5.75 Å². The van der Waals surface area contributed by atoms with Gasteiger partial charge in [0.05, 0.1) is 26.7 Å². The molecular weight excluding hydrogens is 304 g/mol. The molecule has 24 heavy (non-hydrogen) atoms. The Kier molecular flexibility index (Phi) is 6.63. The lowest BCUT2D eigenvalue weighted by molar-refractivity contribution is -0.120. The van der Waals surface area contributed by atoms with Gasteiger partial charge in [-0.15, -0.1) is 0 Å². The van der Waals surface area contributed by atoms with Crippen LogP contribution in [0.4, 0.5) is 0 Å². The van der Waals surface area contributed by atoms with Crippen molar-refractivity contribution in [2.24, 2.45) is 0 Å². The fourth-order valence-corrected chi connectivity index (χ4v) is 2.80. The van der Waals surface area contributed by atoms with Crippen LogP contribution in [0.3, 0.4) is 0 Å². The second-order valence-electron chi connectivity index (χ2n) is 7.26. The van der Waals surface area contributed by atoms with Crippen LogP contribution in [0.2, 0.25) is 0 Å². The molecule has 1 aliphatic rings. The number of carbonyl (C=O) groups excluding carboxylic acids is 1. The van der Waals surface area contributed by atoms with Crippen LogP contribution in [0.25, 0.3) is 0 Å². The molecule has 0 unspecified atom stereocenters. The Labute approximate surface area is 145 Å². The normalized spacial score (nSPS) is 16.0. The summed E-state index contributed by atoms with van der Waals surface area (Å²) in [7, 11) is 1.64. The number of hydrogen-bond donors (Lipinski definition) is 1. The summed E-state index contributed by atoms with van der Waals surface area (Å²) < 4.78 is 10.7. The van der Waals surface area contributed by atoms with Gasteiger partial charge in [-0.2, -0.15) is 0 Å². The summed E-state index contributed by atoms with van der Waals surface area (Å²) in [6.07, 6.45) is 0.343. The smallest absolute Gasteiger partial charge is 0.224 e. The summed E-state index contributed by atoms with van der Waals surface area (Å²) in [5, 5.41) is 3.01. The van der Waals surface area contributed by atoms with E-state index < -0.39 is 0 Å². The molecular formula is C19H30N2O3. The average molecular weight is 334 g/mol. The molecule has 0 spiro atoms. The summed E-state index contributed by atoms with van der Waals surface area (Å²) in [5.74, 6) is 0.805. The Morgan fingerprint density at radius 2 is 2.00 bits per heavy atom. The summed E-state index contributed by atoms with van der Waals surface area (Å²) in [4.78, 5) is 14.6. The van der Waals surface area contributed by atoms with Crippen molar-refractivity contribution in [2.45, 2.75) is 32.6 Å². The van der Waals surface area contributed by atoms with Crippen molar-refractivity contribution >= 4 is 5.91 Å². The zero-order valence-corrected chi connectivity index (χ0v) is 15.4. The zero-order valence-electron chi connectivity index (χ0n) is 15.4. The van der Waals surface area contributed by atoms with E-state index in [-0.39, 0.29) is 11.3 Å². The Balaban J connectivity index is 1.90. The van der Waals surface area contributed by atoms with Crippen molar-refractivity contribution in [3.05, 3.63) is 29.3 Å². The van der Waals surface area contributed by atoms with E-state index in [0.717, 1.165) is 44.2 Å². The maximum absolute atomic E-state index is 12.3. The Hall–Kier alpha value is -1.59. The molecule has 0 atom stereocenters. The van der Waals surface area contributed by atoms with Crippen molar-refractivity contribution in [1.82, 2.24) is 10.2 Å². The zero-order chi connectivity index (χ0) is 17.6. The molecule has 1 fully saturated rings. The van der Waals surface area contributed by atoms with Gasteiger partial charge in [0.15, 0.2) is 0 Å². The van der Waals surface area contributed by atoms with Crippen LogP contribution < -0.4 is 10.1 Å². The van der Waals surface area contributed by atoms with Crippen molar-refractivity contribution in [3.63, 3.8) is 0 Å². The van der Waals surface area contributed by atoms with Gasteiger partial charge in [0.1, 0.15) is 5.75 Å². The topological polar surface area (TPSA) is 50.8 Å².